The number of carbonyl (C=O) groups is 8. The fourth-order valence-corrected chi connectivity index (χ4v) is 13.4. The SMILES string of the molecule is CC(CCCCCCCCCCCCCCCCCCCCCC(=O)NCCCCCCC(CN(CCCC(C)(CCCNC(=O)OC(C)(C)C)NC(=O)OC(C)(C)C)C(=O)OC(C)(C)C)C(CCCCNC(=O)OC(C)(C)C)(CCCNC(=O)OC(C)(C)C)N(C)C(=O)OC(C)(C)C)NC(=O)OCc1ccccc1. The maximum absolute atomic E-state index is 15.0. The second-order valence-corrected chi connectivity index (χ2v) is 36.9. The minimum absolute atomic E-state index is 0.0733. The number of unbranched alkanes of at least 4 members (excludes halogenated alkanes) is 22. The van der Waals surface area contributed by atoms with E-state index in [0.29, 0.717) is 96.7 Å². The summed E-state index contributed by atoms with van der Waals surface area (Å²) in [6, 6.07) is 9.86. The van der Waals surface area contributed by atoms with Gasteiger partial charge in [0, 0.05) is 70.2 Å². The number of nitrogens with zero attached hydrogens (tertiary/aromatic N) is 2. The molecule has 0 saturated heterocycles. The maximum Gasteiger partial charge on any atom is 0.410 e. The molecule has 4 unspecified atom stereocenters. The second-order valence-electron chi connectivity index (χ2n) is 36.9. The highest BCUT2D eigenvalue weighted by Gasteiger charge is 2.46. The smallest absolute Gasteiger partial charge is 0.410 e. The average Bonchev–Trinajstić information content (AvgIpc) is 0.780. The van der Waals surface area contributed by atoms with Gasteiger partial charge in [-0.25, -0.2) is 33.6 Å². The van der Waals surface area contributed by atoms with Crippen LogP contribution in [0.15, 0.2) is 30.3 Å². The standard InChI is InChI=1S/C87H160N8O15/c1-69(92-76(100)104-68-70-54-43-41-44-55-70)53-42-37-35-33-31-29-27-25-23-22-24-26-28-30-32-34-36-38-46-57-72(96)88-62-48-40-39-45-56-71(67-95(79(103)110-85(17,18)19)66-52-59-86(20,93-77(101)108-83(11,12)13)58-50-64-90-74(98)106-81(5,6)7)87(94(21)78(102)109-84(14,15)16,61-51-65-91-75(99)107-82(8,9)10)60-47-49-63-89-73(97)105-80(2,3)4/h41,43-44,54-55,69,71H,22-40,42,45-53,56-68H2,1-21H3,(H,88,96)(H,89,97)(H,90,98)(H,91,99)(H,92,100)(H,93,101). The summed E-state index contributed by atoms with van der Waals surface area (Å²) in [5.74, 6) is -0.353. The second kappa shape index (κ2) is 53.6. The highest BCUT2D eigenvalue weighted by molar-refractivity contribution is 5.75. The molecule has 0 spiro atoms. The van der Waals surface area contributed by atoms with Crippen molar-refractivity contribution in [2.75, 3.05) is 46.3 Å². The van der Waals surface area contributed by atoms with Crippen molar-refractivity contribution < 1.29 is 71.5 Å². The molecule has 1 aromatic rings. The van der Waals surface area contributed by atoms with Crippen molar-refractivity contribution in [1.82, 2.24) is 41.7 Å². The van der Waals surface area contributed by atoms with Crippen LogP contribution < -0.4 is 31.9 Å². The van der Waals surface area contributed by atoms with Gasteiger partial charge in [0.15, 0.2) is 0 Å². The predicted octanol–water partition coefficient (Wildman–Crippen LogP) is 21.4. The lowest BCUT2D eigenvalue weighted by Crippen LogP contribution is -2.59. The number of ether oxygens (including phenoxy) is 7. The number of nitrogens with one attached hydrogen (secondary N) is 6. The molecule has 110 heavy (non-hydrogen) atoms. The van der Waals surface area contributed by atoms with Crippen LogP contribution in [-0.4, -0.2) is 155 Å². The van der Waals surface area contributed by atoms with Gasteiger partial charge in [-0.05, 0) is 228 Å². The van der Waals surface area contributed by atoms with Gasteiger partial charge in [0.2, 0.25) is 5.91 Å². The van der Waals surface area contributed by atoms with Crippen LogP contribution in [0.2, 0.25) is 0 Å². The van der Waals surface area contributed by atoms with Crippen molar-refractivity contribution in [2.24, 2.45) is 5.92 Å². The molecule has 23 nitrogen and oxygen atoms in total. The Kier molecular flexibility index (Phi) is 49.5. The van der Waals surface area contributed by atoms with Crippen LogP contribution in [0.3, 0.4) is 0 Å². The first kappa shape index (κ1) is 102. The zero-order chi connectivity index (χ0) is 82.9. The van der Waals surface area contributed by atoms with Crippen molar-refractivity contribution in [3.63, 3.8) is 0 Å². The van der Waals surface area contributed by atoms with Gasteiger partial charge in [-0.3, -0.25) is 4.79 Å². The van der Waals surface area contributed by atoms with E-state index in [1.807, 2.05) is 85.7 Å². The number of rotatable bonds is 54. The normalized spacial score (nSPS) is 13.8. The lowest BCUT2D eigenvalue weighted by Gasteiger charge is -2.49. The fourth-order valence-electron chi connectivity index (χ4n) is 13.4. The number of amides is 8. The van der Waals surface area contributed by atoms with Crippen molar-refractivity contribution in [3.05, 3.63) is 35.9 Å². The molecular weight excluding hydrogens is 1400 g/mol. The fraction of sp³-hybridized carbons (Fsp3) is 0.839. The summed E-state index contributed by atoms with van der Waals surface area (Å²) in [6.07, 6.45) is 29.0. The molecule has 4 atom stereocenters. The number of hydrogen-bond acceptors (Lipinski definition) is 15. The first-order valence-corrected chi connectivity index (χ1v) is 42.4. The maximum atomic E-state index is 15.0. The third-order valence-electron chi connectivity index (χ3n) is 18.8. The lowest BCUT2D eigenvalue weighted by atomic mass is 9.72. The molecule has 0 aliphatic rings. The summed E-state index contributed by atoms with van der Waals surface area (Å²) < 4.78 is 40.2. The van der Waals surface area contributed by atoms with Crippen LogP contribution in [0.5, 0.6) is 0 Å². The Morgan fingerprint density at radius 2 is 0.736 bits per heavy atom. The largest absolute Gasteiger partial charge is 0.445 e. The summed E-state index contributed by atoms with van der Waals surface area (Å²) in [5.41, 5.74) is -5.56. The van der Waals surface area contributed by atoms with E-state index in [1.54, 1.807) is 99.9 Å². The Bertz CT molecular complexity index is 2710. The highest BCUT2D eigenvalue weighted by Crippen LogP contribution is 2.40. The third kappa shape index (κ3) is 55.9. The Hall–Kier alpha value is -6.42. The van der Waals surface area contributed by atoms with E-state index in [1.165, 1.54) is 96.3 Å². The van der Waals surface area contributed by atoms with E-state index in [-0.39, 0.29) is 44.2 Å². The summed E-state index contributed by atoms with van der Waals surface area (Å²) in [7, 11) is 1.76. The van der Waals surface area contributed by atoms with Gasteiger partial charge >= 0.3 is 42.7 Å². The molecule has 0 aliphatic carbocycles. The molecule has 0 radical (unpaired) electrons. The van der Waals surface area contributed by atoms with Gasteiger partial charge in [-0.15, -0.1) is 0 Å². The molecule has 0 bridgehead atoms. The molecule has 6 N–H and O–H groups in total. The Morgan fingerprint density at radius 3 is 1.20 bits per heavy atom. The summed E-state index contributed by atoms with van der Waals surface area (Å²) >= 11 is 0. The molecular formula is C87H160N8O15. The number of carbonyl (C=O) groups excluding carboxylic acids is 8. The van der Waals surface area contributed by atoms with E-state index >= 15 is 0 Å². The summed E-state index contributed by atoms with van der Waals surface area (Å²) in [4.78, 5) is 111. The molecule has 8 amide bonds. The quantitative estimate of drug-likeness (QED) is 0.0261. The van der Waals surface area contributed by atoms with E-state index in [0.717, 1.165) is 56.9 Å². The molecule has 0 aromatic heterocycles. The predicted molar refractivity (Wildman–Crippen MR) is 442 cm³/mol. The van der Waals surface area contributed by atoms with Crippen LogP contribution in [0.4, 0.5) is 33.6 Å². The van der Waals surface area contributed by atoms with Gasteiger partial charge in [0.25, 0.3) is 0 Å². The Morgan fingerprint density at radius 1 is 0.373 bits per heavy atom. The topological polar surface area (TPSA) is 280 Å². The Labute approximate surface area is 667 Å². The lowest BCUT2D eigenvalue weighted by molar-refractivity contribution is -0.121. The minimum atomic E-state index is -1.03. The van der Waals surface area contributed by atoms with E-state index in [4.69, 9.17) is 33.2 Å². The summed E-state index contributed by atoms with van der Waals surface area (Å²) in [6.45, 7) is 38.5. The van der Waals surface area contributed by atoms with Crippen LogP contribution in [-0.2, 0) is 44.6 Å². The monoisotopic (exact) mass is 1560 g/mol. The highest BCUT2D eigenvalue weighted by atomic mass is 16.6. The van der Waals surface area contributed by atoms with Gasteiger partial charge in [-0.1, -0.05) is 165 Å². The molecule has 0 heterocycles. The van der Waals surface area contributed by atoms with E-state index < -0.39 is 87.2 Å². The zero-order valence-corrected chi connectivity index (χ0v) is 73.3. The van der Waals surface area contributed by atoms with Gasteiger partial charge in [0.05, 0.1) is 5.54 Å². The molecule has 1 aromatic carbocycles. The van der Waals surface area contributed by atoms with Crippen molar-refractivity contribution in [2.45, 2.75) is 421 Å². The first-order chi connectivity index (χ1) is 51.3. The van der Waals surface area contributed by atoms with Gasteiger partial charge < -0.3 is 74.9 Å². The van der Waals surface area contributed by atoms with E-state index in [9.17, 15) is 38.4 Å². The molecule has 0 aliphatic heterocycles. The number of benzene rings is 1. The van der Waals surface area contributed by atoms with Gasteiger partial charge in [0.1, 0.15) is 40.2 Å². The van der Waals surface area contributed by atoms with Crippen LogP contribution in [0, 0.1) is 5.92 Å². The first-order valence-electron chi connectivity index (χ1n) is 42.4. The molecule has 638 valence electrons. The minimum Gasteiger partial charge on any atom is -0.445 e. The molecule has 1 rings (SSSR count). The van der Waals surface area contributed by atoms with Crippen LogP contribution >= 0.6 is 0 Å². The van der Waals surface area contributed by atoms with Crippen LogP contribution in [0.1, 0.15) is 369 Å². The molecule has 0 saturated carbocycles. The average molecular weight is 1560 g/mol. The Balaban J connectivity index is 3.17. The van der Waals surface area contributed by atoms with Crippen molar-refractivity contribution >= 4 is 48.6 Å². The molecule has 0 fully saturated rings. The van der Waals surface area contributed by atoms with Crippen molar-refractivity contribution in [3.8, 4) is 0 Å². The summed E-state index contributed by atoms with van der Waals surface area (Å²) in [5, 5.41) is 17.9. The number of hydrogen-bond donors (Lipinski definition) is 6. The van der Waals surface area contributed by atoms with Crippen molar-refractivity contribution in [1.29, 1.82) is 0 Å². The zero-order valence-electron chi connectivity index (χ0n) is 73.3. The van der Waals surface area contributed by atoms with Gasteiger partial charge in [-0.2, -0.15) is 0 Å². The molecule has 23 heteroatoms. The van der Waals surface area contributed by atoms with Crippen LogP contribution in [0.25, 0.3) is 0 Å². The number of alkyl carbamates (subject to hydrolysis) is 5. The van der Waals surface area contributed by atoms with E-state index in [2.05, 4.69) is 31.9 Å². The third-order valence-corrected chi connectivity index (χ3v) is 18.8.